The van der Waals surface area contributed by atoms with E-state index in [0.29, 0.717) is 6.04 Å². The van der Waals surface area contributed by atoms with Crippen LogP contribution in [-0.2, 0) is 13.1 Å². The lowest BCUT2D eigenvalue weighted by Gasteiger charge is -2.15. The zero-order valence-electron chi connectivity index (χ0n) is 12.1. The van der Waals surface area contributed by atoms with Crippen LogP contribution in [0.4, 0.5) is 5.13 Å². The van der Waals surface area contributed by atoms with Crippen LogP contribution >= 0.6 is 27.3 Å². The first-order chi connectivity index (χ1) is 9.54. The van der Waals surface area contributed by atoms with Gasteiger partial charge in [-0.1, -0.05) is 41.9 Å². The molecule has 0 aliphatic heterocycles. The first kappa shape index (κ1) is 15.5. The molecule has 0 aliphatic rings. The minimum atomic E-state index is 0.500. The summed E-state index contributed by atoms with van der Waals surface area (Å²) < 4.78 is 1.12. The van der Waals surface area contributed by atoms with Crippen molar-refractivity contribution in [2.45, 2.75) is 33.0 Å². The number of benzene rings is 1. The molecule has 2 aromatic rings. The fraction of sp³-hybridized carbons (Fsp3) is 0.400. The Kier molecular flexibility index (Phi) is 5.57. The molecule has 0 bridgehead atoms. The second kappa shape index (κ2) is 7.20. The smallest absolute Gasteiger partial charge is 0.185 e. The van der Waals surface area contributed by atoms with Crippen molar-refractivity contribution in [1.29, 1.82) is 0 Å². The highest BCUT2D eigenvalue weighted by Gasteiger charge is 2.08. The molecule has 108 valence electrons. The Hall–Kier alpha value is -0.910. The van der Waals surface area contributed by atoms with E-state index in [1.807, 2.05) is 12.3 Å². The summed E-state index contributed by atoms with van der Waals surface area (Å²) in [6.07, 6.45) is 1.97. The van der Waals surface area contributed by atoms with Crippen LogP contribution in [0.25, 0.3) is 0 Å². The van der Waals surface area contributed by atoms with E-state index in [1.54, 1.807) is 11.3 Å². The minimum Gasteiger partial charge on any atom is -0.347 e. The molecule has 0 atom stereocenters. The number of halogens is 1. The van der Waals surface area contributed by atoms with Crippen molar-refractivity contribution in [3.63, 3.8) is 0 Å². The Morgan fingerprint density at radius 3 is 2.90 bits per heavy atom. The van der Waals surface area contributed by atoms with E-state index in [4.69, 9.17) is 0 Å². The molecule has 0 unspecified atom stereocenters. The molecule has 1 aromatic carbocycles. The van der Waals surface area contributed by atoms with Crippen molar-refractivity contribution in [2.75, 3.05) is 11.9 Å². The van der Waals surface area contributed by atoms with Crippen LogP contribution in [0.3, 0.4) is 0 Å². The van der Waals surface area contributed by atoms with E-state index in [1.165, 1.54) is 10.4 Å². The largest absolute Gasteiger partial charge is 0.347 e. The third kappa shape index (κ3) is 4.58. The number of rotatable bonds is 6. The van der Waals surface area contributed by atoms with Crippen LogP contribution in [0, 0.1) is 0 Å². The predicted octanol–water partition coefficient (Wildman–Crippen LogP) is 4.04. The lowest BCUT2D eigenvalue weighted by Crippen LogP contribution is -2.21. The number of hydrogen-bond donors (Lipinski definition) is 1. The fourth-order valence-corrected chi connectivity index (χ4v) is 3.10. The van der Waals surface area contributed by atoms with Crippen molar-refractivity contribution in [3.05, 3.63) is 45.4 Å². The van der Waals surface area contributed by atoms with E-state index < -0.39 is 0 Å². The Bertz CT molecular complexity index is 554. The lowest BCUT2D eigenvalue weighted by molar-refractivity contribution is 0.593. The lowest BCUT2D eigenvalue weighted by atomic mass is 10.2. The first-order valence-corrected chi connectivity index (χ1v) is 8.29. The maximum Gasteiger partial charge on any atom is 0.185 e. The SMILES string of the molecule is CC(C)NCc1cnc(N(C)Cc2cccc(Br)c2)s1. The monoisotopic (exact) mass is 353 g/mol. The highest BCUT2D eigenvalue weighted by molar-refractivity contribution is 9.10. The van der Waals surface area contributed by atoms with Crippen molar-refractivity contribution in [2.24, 2.45) is 0 Å². The van der Waals surface area contributed by atoms with Gasteiger partial charge in [0.15, 0.2) is 5.13 Å². The normalized spacial score (nSPS) is 11.1. The third-order valence-corrected chi connectivity index (χ3v) is 4.47. The van der Waals surface area contributed by atoms with Crippen LogP contribution < -0.4 is 10.2 Å². The van der Waals surface area contributed by atoms with Crippen molar-refractivity contribution in [1.82, 2.24) is 10.3 Å². The molecule has 1 heterocycles. The molecular weight excluding hydrogens is 334 g/mol. The first-order valence-electron chi connectivity index (χ1n) is 6.68. The molecule has 0 spiro atoms. The Morgan fingerprint density at radius 2 is 2.20 bits per heavy atom. The molecule has 2 rings (SSSR count). The number of nitrogens with one attached hydrogen (secondary N) is 1. The van der Waals surface area contributed by atoms with Gasteiger partial charge in [0.05, 0.1) is 0 Å². The van der Waals surface area contributed by atoms with Gasteiger partial charge < -0.3 is 10.2 Å². The van der Waals surface area contributed by atoms with Crippen LogP contribution in [0.1, 0.15) is 24.3 Å². The van der Waals surface area contributed by atoms with E-state index in [-0.39, 0.29) is 0 Å². The van der Waals surface area contributed by atoms with Gasteiger partial charge in [-0.25, -0.2) is 4.98 Å². The van der Waals surface area contributed by atoms with Gasteiger partial charge in [-0.05, 0) is 17.7 Å². The summed E-state index contributed by atoms with van der Waals surface area (Å²) >= 11 is 5.25. The molecule has 0 radical (unpaired) electrons. The Morgan fingerprint density at radius 1 is 1.40 bits per heavy atom. The second-order valence-corrected chi connectivity index (χ2v) is 7.14. The molecular formula is C15H20BrN3S. The van der Waals surface area contributed by atoms with E-state index >= 15 is 0 Å². The van der Waals surface area contributed by atoms with Crippen LogP contribution in [-0.4, -0.2) is 18.1 Å². The quantitative estimate of drug-likeness (QED) is 0.849. The maximum absolute atomic E-state index is 4.51. The van der Waals surface area contributed by atoms with Gasteiger partial charge in [-0.15, -0.1) is 11.3 Å². The average Bonchev–Trinajstić information content (AvgIpc) is 2.85. The molecule has 0 saturated carbocycles. The predicted molar refractivity (Wildman–Crippen MR) is 90.3 cm³/mol. The Labute approximate surface area is 133 Å². The van der Waals surface area contributed by atoms with E-state index in [2.05, 4.69) is 70.2 Å². The van der Waals surface area contributed by atoms with Crippen LogP contribution in [0.15, 0.2) is 34.9 Å². The molecule has 3 nitrogen and oxygen atoms in total. The van der Waals surface area contributed by atoms with Gasteiger partial charge in [-0.2, -0.15) is 0 Å². The van der Waals surface area contributed by atoms with Crippen LogP contribution in [0.5, 0.6) is 0 Å². The number of nitrogens with zero attached hydrogens (tertiary/aromatic N) is 2. The highest BCUT2D eigenvalue weighted by Crippen LogP contribution is 2.23. The summed E-state index contributed by atoms with van der Waals surface area (Å²) in [5.41, 5.74) is 1.28. The van der Waals surface area contributed by atoms with Crippen LogP contribution in [0.2, 0.25) is 0 Å². The van der Waals surface area contributed by atoms with Gasteiger partial charge in [0, 0.05) is 41.7 Å². The van der Waals surface area contributed by atoms with Gasteiger partial charge in [0.1, 0.15) is 0 Å². The van der Waals surface area contributed by atoms with E-state index in [9.17, 15) is 0 Å². The second-order valence-electron chi connectivity index (χ2n) is 5.13. The molecule has 0 saturated heterocycles. The standard InChI is InChI=1S/C15H20BrN3S/c1-11(2)17-8-14-9-18-15(20-14)19(3)10-12-5-4-6-13(16)7-12/h4-7,9,11,17H,8,10H2,1-3H3. The summed E-state index contributed by atoms with van der Waals surface area (Å²) in [6.45, 7) is 6.06. The van der Waals surface area contributed by atoms with Gasteiger partial charge in [-0.3, -0.25) is 0 Å². The summed E-state index contributed by atoms with van der Waals surface area (Å²) in [5, 5.41) is 4.48. The highest BCUT2D eigenvalue weighted by atomic mass is 79.9. The minimum absolute atomic E-state index is 0.500. The number of hydrogen-bond acceptors (Lipinski definition) is 4. The van der Waals surface area contributed by atoms with Crippen molar-refractivity contribution in [3.8, 4) is 0 Å². The van der Waals surface area contributed by atoms with Gasteiger partial charge >= 0.3 is 0 Å². The summed E-state index contributed by atoms with van der Waals surface area (Å²) in [4.78, 5) is 7.96. The van der Waals surface area contributed by atoms with Crippen molar-refractivity contribution < 1.29 is 0 Å². The molecule has 1 aromatic heterocycles. The summed E-state index contributed by atoms with van der Waals surface area (Å²) in [7, 11) is 2.08. The van der Waals surface area contributed by atoms with E-state index in [0.717, 1.165) is 22.7 Å². The van der Waals surface area contributed by atoms with Crippen molar-refractivity contribution >= 4 is 32.4 Å². The average molecular weight is 354 g/mol. The topological polar surface area (TPSA) is 28.2 Å². The fourth-order valence-electron chi connectivity index (χ4n) is 1.84. The zero-order chi connectivity index (χ0) is 14.5. The summed E-state index contributed by atoms with van der Waals surface area (Å²) in [6, 6.07) is 8.89. The Balaban J connectivity index is 1.97. The summed E-state index contributed by atoms with van der Waals surface area (Å²) in [5.74, 6) is 0. The molecule has 0 amide bonds. The third-order valence-electron chi connectivity index (χ3n) is 2.86. The zero-order valence-corrected chi connectivity index (χ0v) is 14.5. The van der Waals surface area contributed by atoms with Gasteiger partial charge in [0.25, 0.3) is 0 Å². The molecule has 5 heteroatoms. The number of aromatic nitrogens is 1. The maximum atomic E-state index is 4.51. The molecule has 20 heavy (non-hydrogen) atoms. The van der Waals surface area contributed by atoms with Gasteiger partial charge in [0.2, 0.25) is 0 Å². The molecule has 1 N–H and O–H groups in total. The molecule has 0 aliphatic carbocycles. The number of thiazole rings is 1. The molecule has 0 fully saturated rings. The number of anilines is 1.